The van der Waals surface area contributed by atoms with E-state index < -0.39 is 0 Å². The minimum atomic E-state index is 0.609. The van der Waals surface area contributed by atoms with Gasteiger partial charge in [0.05, 0.1) is 0 Å². The highest BCUT2D eigenvalue weighted by Crippen LogP contribution is 1.97. The SMILES string of the molecule is CC(C)Cn1cnc(CCN)n1. The van der Waals surface area contributed by atoms with E-state index in [1.54, 1.807) is 6.33 Å². The molecule has 0 radical (unpaired) electrons. The van der Waals surface area contributed by atoms with Crippen LogP contribution in [0.4, 0.5) is 0 Å². The van der Waals surface area contributed by atoms with Gasteiger partial charge >= 0.3 is 0 Å². The average Bonchev–Trinajstić information content (AvgIpc) is 2.36. The molecule has 2 N–H and O–H groups in total. The summed E-state index contributed by atoms with van der Waals surface area (Å²) >= 11 is 0. The number of aromatic nitrogens is 3. The van der Waals surface area contributed by atoms with Crippen molar-refractivity contribution in [3.05, 3.63) is 12.2 Å². The average molecular weight is 168 g/mol. The molecule has 1 aromatic heterocycles. The van der Waals surface area contributed by atoms with Gasteiger partial charge in [-0.25, -0.2) is 4.98 Å². The van der Waals surface area contributed by atoms with Crippen LogP contribution in [-0.2, 0) is 13.0 Å². The Bertz CT molecular complexity index is 229. The molecule has 4 nitrogen and oxygen atoms in total. The van der Waals surface area contributed by atoms with Crippen LogP contribution in [0.1, 0.15) is 19.7 Å². The van der Waals surface area contributed by atoms with Crippen LogP contribution in [0.15, 0.2) is 6.33 Å². The smallest absolute Gasteiger partial charge is 0.151 e. The molecule has 0 saturated carbocycles. The van der Waals surface area contributed by atoms with E-state index in [1.807, 2.05) is 4.68 Å². The molecular weight excluding hydrogens is 152 g/mol. The van der Waals surface area contributed by atoms with Crippen LogP contribution >= 0.6 is 0 Å². The second-order valence-electron chi connectivity index (χ2n) is 3.32. The Morgan fingerprint density at radius 1 is 1.58 bits per heavy atom. The maximum Gasteiger partial charge on any atom is 0.151 e. The molecule has 0 aliphatic rings. The molecule has 0 bridgehead atoms. The van der Waals surface area contributed by atoms with Crippen molar-refractivity contribution in [2.45, 2.75) is 26.8 Å². The highest BCUT2D eigenvalue weighted by molar-refractivity contribution is 4.81. The van der Waals surface area contributed by atoms with Crippen LogP contribution in [0.25, 0.3) is 0 Å². The molecule has 0 unspecified atom stereocenters. The Morgan fingerprint density at radius 2 is 2.33 bits per heavy atom. The van der Waals surface area contributed by atoms with Crippen molar-refractivity contribution in [3.8, 4) is 0 Å². The van der Waals surface area contributed by atoms with Crippen molar-refractivity contribution >= 4 is 0 Å². The fourth-order valence-corrected chi connectivity index (χ4v) is 1.04. The largest absolute Gasteiger partial charge is 0.330 e. The van der Waals surface area contributed by atoms with Gasteiger partial charge in [-0.2, -0.15) is 5.10 Å². The van der Waals surface area contributed by atoms with E-state index in [-0.39, 0.29) is 0 Å². The van der Waals surface area contributed by atoms with E-state index in [2.05, 4.69) is 23.9 Å². The van der Waals surface area contributed by atoms with E-state index in [4.69, 9.17) is 5.73 Å². The third kappa shape index (κ3) is 2.62. The Kier molecular flexibility index (Phi) is 3.22. The lowest BCUT2D eigenvalue weighted by Gasteiger charge is -2.02. The number of hydrogen-bond donors (Lipinski definition) is 1. The first kappa shape index (κ1) is 9.19. The molecule has 0 aliphatic heterocycles. The number of hydrogen-bond acceptors (Lipinski definition) is 3. The summed E-state index contributed by atoms with van der Waals surface area (Å²) in [4.78, 5) is 4.13. The molecule has 0 amide bonds. The summed E-state index contributed by atoms with van der Waals surface area (Å²) in [6.07, 6.45) is 2.54. The van der Waals surface area contributed by atoms with Crippen LogP contribution in [0.3, 0.4) is 0 Å². The lowest BCUT2D eigenvalue weighted by atomic mass is 10.2. The lowest BCUT2D eigenvalue weighted by Crippen LogP contribution is -2.07. The van der Waals surface area contributed by atoms with E-state index in [9.17, 15) is 0 Å². The van der Waals surface area contributed by atoms with Crippen molar-refractivity contribution in [3.63, 3.8) is 0 Å². The molecule has 1 aromatic rings. The Balaban J connectivity index is 2.52. The second kappa shape index (κ2) is 4.21. The summed E-state index contributed by atoms with van der Waals surface area (Å²) in [7, 11) is 0. The normalized spacial score (nSPS) is 11.0. The zero-order chi connectivity index (χ0) is 8.97. The van der Waals surface area contributed by atoms with Gasteiger partial charge in [0.25, 0.3) is 0 Å². The minimum Gasteiger partial charge on any atom is -0.330 e. The summed E-state index contributed by atoms with van der Waals surface area (Å²) in [6, 6.07) is 0. The van der Waals surface area contributed by atoms with E-state index >= 15 is 0 Å². The third-order valence-corrected chi connectivity index (χ3v) is 1.50. The van der Waals surface area contributed by atoms with Gasteiger partial charge in [0.1, 0.15) is 6.33 Å². The van der Waals surface area contributed by atoms with Gasteiger partial charge in [-0.15, -0.1) is 0 Å². The maximum absolute atomic E-state index is 5.38. The topological polar surface area (TPSA) is 56.7 Å². The number of nitrogens with two attached hydrogens (primary N) is 1. The van der Waals surface area contributed by atoms with Crippen molar-refractivity contribution in [2.75, 3.05) is 6.54 Å². The highest BCUT2D eigenvalue weighted by atomic mass is 15.3. The fraction of sp³-hybridized carbons (Fsp3) is 0.750. The van der Waals surface area contributed by atoms with Crippen LogP contribution in [0.5, 0.6) is 0 Å². The van der Waals surface area contributed by atoms with Gasteiger partial charge < -0.3 is 5.73 Å². The molecule has 68 valence electrons. The third-order valence-electron chi connectivity index (χ3n) is 1.50. The van der Waals surface area contributed by atoms with E-state index in [1.165, 1.54) is 0 Å². The Morgan fingerprint density at radius 3 is 2.92 bits per heavy atom. The molecule has 0 aromatic carbocycles. The quantitative estimate of drug-likeness (QED) is 0.709. The minimum absolute atomic E-state index is 0.609. The maximum atomic E-state index is 5.38. The van der Waals surface area contributed by atoms with Crippen LogP contribution < -0.4 is 5.73 Å². The first-order valence-corrected chi connectivity index (χ1v) is 4.30. The van der Waals surface area contributed by atoms with Crippen molar-refractivity contribution < 1.29 is 0 Å². The highest BCUT2D eigenvalue weighted by Gasteiger charge is 2.00. The monoisotopic (exact) mass is 168 g/mol. The van der Waals surface area contributed by atoms with Gasteiger partial charge in [-0.1, -0.05) is 13.8 Å². The molecule has 0 saturated heterocycles. The van der Waals surface area contributed by atoms with Gasteiger partial charge in [0, 0.05) is 13.0 Å². The summed E-state index contributed by atoms with van der Waals surface area (Å²) in [5.41, 5.74) is 5.38. The summed E-state index contributed by atoms with van der Waals surface area (Å²) < 4.78 is 1.87. The first-order chi connectivity index (χ1) is 5.72. The predicted octanol–water partition coefficient (Wildman–Crippen LogP) is 0.435. The van der Waals surface area contributed by atoms with Gasteiger partial charge in [-0.05, 0) is 12.5 Å². The van der Waals surface area contributed by atoms with Crippen molar-refractivity contribution in [1.82, 2.24) is 14.8 Å². The molecular formula is C8H16N4. The summed E-state index contributed by atoms with van der Waals surface area (Å²) in [6.45, 7) is 5.86. The van der Waals surface area contributed by atoms with E-state index in [0.717, 1.165) is 18.8 Å². The molecule has 1 heterocycles. The molecule has 0 fully saturated rings. The predicted molar refractivity (Wildman–Crippen MR) is 47.6 cm³/mol. The Labute approximate surface area is 72.8 Å². The number of rotatable bonds is 4. The van der Waals surface area contributed by atoms with Gasteiger partial charge in [0.15, 0.2) is 5.82 Å². The van der Waals surface area contributed by atoms with Gasteiger partial charge in [0.2, 0.25) is 0 Å². The zero-order valence-electron chi connectivity index (χ0n) is 7.70. The van der Waals surface area contributed by atoms with Crippen molar-refractivity contribution in [2.24, 2.45) is 11.7 Å². The van der Waals surface area contributed by atoms with Crippen molar-refractivity contribution in [1.29, 1.82) is 0 Å². The molecule has 12 heavy (non-hydrogen) atoms. The van der Waals surface area contributed by atoms with Crippen LogP contribution in [0.2, 0.25) is 0 Å². The molecule has 0 aliphatic carbocycles. The van der Waals surface area contributed by atoms with Gasteiger partial charge in [-0.3, -0.25) is 4.68 Å². The fourth-order valence-electron chi connectivity index (χ4n) is 1.04. The standard InChI is InChI=1S/C8H16N4/c1-7(2)5-12-6-10-8(11-12)3-4-9/h6-7H,3-5,9H2,1-2H3. The molecule has 1 rings (SSSR count). The molecule has 0 spiro atoms. The number of nitrogens with zero attached hydrogens (tertiary/aromatic N) is 3. The molecule has 4 heteroatoms. The Hall–Kier alpha value is -0.900. The van der Waals surface area contributed by atoms with Crippen LogP contribution in [0, 0.1) is 5.92 Å². The summed E-state index contributed by atoms with van der Waals surface area (Å²) in [5, 5.41) is 4.27. The lowest BCUT2D eigenvalue weighted by molar-refractivity contribution is 0.479. The van der Waals surface area contributed by atoms with E-state index in [0.29, 0.717) is 12.5 Å². The zero-order valence-corrected chi connectivity index (χ0v) is 7.70. The molecule has 0 atom stereocenters. The second-order valence-corrected chi connectivity index (χ2v) is 3.32. The summed E-state index contributed by atoms with van der Waals surface area (Å²) in [5.74, 6) is 1.45. The van der Waals surface area contributed by atoms with Crippen LogP contribution in [-0.4, -0.2) is 21.3 Å². The first-order valence-electron chi connectivity index (χ1n) is 4.30.